The third kappa shape index (κ3) is 9.21. The normalized spacial score (nSPS) is 10.8. The Hall–Kier alpha value is -1.59. The molecule has 0 atom stereocenters. The monoisotopic (exact) mass is 323 g/mol. The minimum atomic E-state index is 0.0423. The number of rotatable bonds is 13. The highest BCUT2D eigenvalue weighted by atomic mass is 16.5. The second kappa shape index (κ2) is 11.9. The number of ketones is 1. The lowest BCUT2D eigenvalue weighted by atomic mass is 10.1. The largest absolute Gasteiger partial charge is 0.494 e. The molecule has 23 heavy (non-hydrogen) atoms. The molecule has 0 heterocycles. The summed E-state index contributed by atoms with van der Waals surface area (Å²) in [7, 11) is 1.89. The van der Waals surface area contributed by atoms with Gasteiger partial charge in [0, 0.05) is 44.9 Å². The Kier molecular flexibility index (Phi) is 10.1. The van der Waals surface area contributed by atoms with E-state index in [4.69, 9.17) is 14.2 Å². The molecule has 5 heteroatoms. The van der Waals surface area contributed by atoms with E-state index in [2.05, 4.69) is 5.32 Å². The van der Waals surface area contributed by atoms with E-state index < -0.39 is 0 Å². The average molecular weight is 323 g/mol. The molecule has 0 aliphatic rings. The second-order valence-corrected chi connectivity index (χ2v) is 5.62. The van der Waals surface area contributed by atoms with Crippen LogP contribution in [0.25, 0.3) is 0 Å². The molecule has 0 amide bonds. The lowest BCUT2D eigenvalue weighted by molar-refractivity contribution is -0.126. The summed E-state index contributed by atoms with van der Waals surface area (Å²) in [6.07, 6.45) is 1.65. The van der Waals surface area contributed by atoms with Gasteiger partial charge in [-0.15, -0.1) is 0 Å². The number of ether oxygens (including phenoxy) is 3. The Balaban J connectivity index is 1.90. The zero-order valence-electron chi connectivity index (χ0n) is 14.5. The Morgan fingerprint density at radius 1 is 1.00 bits per heavy atom. The number of hydrogen-bond donors (Lipinski definition) is 1. The van der Waals surface area contributed by atoms with Crippen LogP contribution in [0.4, 0.5) is 5.69 Å². The first-order chi connectivity index (χ1) is 11.1. The predicted octanol–water partition coefficient (Wildman–Crippen LogP) is 3.15. The van der Waals surface area contributed by atoms with Gasteiger partial charge in [-0.2, -0.15) is 0 Å². The van der Waals surface area contributed by atoms with E-state index in [1.165, 1.54) is 0 Å². The van der Waals surface area contributed by atoms with Crippen LogP contribution in [0, 0.1) is 5.92 Å². The minimum Gasteiger partial charge on any atom is -0.494 e. The number of nitrogens with one attached hydrogen (secondary N) is 1. The van der Waals surface area contributed by atoms with E-state index in [0.29, 0.717) is 26.4 Å². The Labute approximate surface area is 139 Å². The zero-order valence-corrected chi connectivity index (χ0v) is 14.5. The molecule has 1 aromatic rings. The van der Waals surface area contributed by atoms with Gasteiger partial charge in [-0.05, 0) is 30.7 Å². The van der Waals surface area contributed by atoms with E-state index in [1.54, 1.807) is 0 Å². The standard InChI is InChI=1S/C18H29NO4/c1-15(2)18(20)14-22-12-4-10-21-11-5-13-23-17-8-6-16(19-3)7-9-17/h6-9,15,19H,4-5,10-14H2,1-3H3. The maximum atomic E-state index is 11.3. The summed E-state index contributed by atoms with van der Waals surface area (Å²) in [5.74, 6) is 1.05. The molecule has 0 fully saturated rings. The van der Waals surface area contributed by atoms with Crippen LogP contribution in [0.2, 0.25) is 0 Å². The van der Waals surface area contributed by atoms with E-state index in [-0.39, 0.29) is 18.3 Å². The van der Waals surface area contributed by atoms with Gasteiger partial charge in [-0.25, -0.2) is 0 Å². The van der Waals surface area contributed by atoms with Gasteiger partial charge in [0.2, 0.25) is 0 Å². The van der Waals surface area contributed by atoms with Gasteiger partial charge < -0.3 is 19.5 Å². The third-order valence-corrected chi connectivity index (χ3v) is 3.31. The molecule has 130 valence electrons. The smallest absolute Gasteiger partial charge is 0.160 e. The molecule has 0 radical (unpaired) electrons. The van der Waals surface area contributed by atoms with Crippen molar-refractivity contribution in [3.63, 3.8) is 0 Å². The topological polar surface area (TPSA) is 56.8 Å². The van der Waals surface area contributed by atoms with Gasteiger partial charge in [0.15, 0.2) is 5.78 Å². The summed E-state index contributed by atoms with van der Waals surface area (Å²) in [6, 6.07) is 7.86. The second-order valence-electron chi connectivity index (χ2n) is 5.62. The van der Waals surface area contributed by atoms with Crippen molar-refractivity contribution in [1.82, 2.24) is 0 Å². The van der Waals surface area contributed by atoms with Crippen molar-refractivity contribution in [3.8, 4) is 5.75 Å². The van der Waals surface area contributed by atoms with Gasteiger partial charge in [-0.1, -0.05) is 13.8 Å². The number of carbonyl (C=O) groups is 1. The van der Waals surface area contributed by atoms with Crippen LogP contribution in [0.1, 0.15) is 26.7 Å². The van der Waals surface area contributed by atoms with Crippen LogP contribution in [0.15, 0.2) is 24.3 Å². The summed E-state index contributed by atoms with van der Waals surface area (Å²) < 4.78 is 16.4. The molecule has 0 aliphatic heterocycles. The third-order valence-electron chi connectivity index (χ3n) is 3.31. The number of anilines is 1. The number of benzene rings is 1. The average Bonchev–Trinajstić information content (AvgIpc) is 2.56. The number of carbonyl (C=O) groups excluding carboxylic acids is 1. The SMILES string of the molecule is CNc1ccc(OCCCOCCCOCC(=O)C(C)C)cc1. The Morgan fingerprint density at radius 2 is 1.61 bits per heavy atom. The first-order valence-corrected chi connectivity index (χ1v) is 8.22. The lowest BCUT2D eigenvalue weighted by Crippen LogP contribution is -2.15. The molecule has 0 aromatic heterocycles. The highest BCUT2D eigenvalue weighted by Gasteiger charge is 2.06. The first kappa shape index (κ1) is 19.5. The fourth-order valence-electron chi connectivity index (χ4n) is 1.77. The van der Waals surface area contributed by atoms with Crippen LogP contribution in [0.3, 0.4) is 0 Å². The van der Waals surface area contributed by atoms with Gasteiger partial charge in [0.05, 0.1) is 6.61 Å². The van der Waals surface area contributed by atoms with Crippen molar-refractivity contribution < 1.29 is 19.0 Å². The molecule has 0 saturated heterocycles. The van der Waals surface area contributed by atoms with Crippen molar-refractivity contribution in [2.75, 3.05) is 45.4 Å². The molecule has 1 N–H and O–H groups in total. The summed E-state index contributed by atoms with van der Waals surface area (Å²) in [6.45, 7) is 6.48. The van der Waals surface area contributed by atoms with Crippen molar-refractivity contribution in [2.45, 2.75) is 26.7 Å². The maximum absolute atomic E-state index is 11.3. The fourth-order valence-corrected chi connectivity index (χ4v) is 1.77. The highest BCUT2D eigenvalue weighted by Crippen LogP contribution is 2.15. The van der Waals surface area contributed by atoms with Crippen LogP contribution in [0.5, 0.6) is 5.75 Å². The predicted molar refractivity (Wildman–Crippen MR) is 92.2 cm³/mol. The quantitative estimate of drug-likeness (QED) is 0.565. The molecular weight excluding hydrogens is 294 g/mol. The van der Waals surface area contributed by atoms with E-state index >= 15 is 0 Å². The van der Waals surface area contributed by atoms with Gasteiger partial charge in [0.25, 0.3) is 0 Å². The van der Waals surface area contributed by atoms with Crippen molar-refractivity contribution in [3.05, 3.63) is 24.3 Å². The summed E-state index contributed by atoms with van der Waals surface area (Å²) >= 11 is 0. The van der Waals surface area contributed by atoms with Crippen LogP contribution in [-0.4, -0.2) is 45.9 Å². The summed E-state index contributed by atoms with van der Waals surface area (Å²) in [5, 5.41) is 3.07. The molecule has 0 spiro atoms. The molecular formula is C18H29NO4. The van der Waals surface area contributed by atoms with Crippen LogP contribution < -0.4 is 10.1 Å². The van der Waals surface area contributed by atoms with Gasteiger partial charge in [-0.3, -0.25) is 4.79 Å². The van der Waals surface area contributed by atoms with Gasteiger partial charge in [0.1, 0.15) is 12.4 Å². The molecule has 0 unspecified atom stereocenters. The van der Waals surface area contributed by atoms with Crippen LogP contribution in [-0.2, 0) is 14.3 Å². The van der Waals surface area contributed by atoms with E-state index in [1.807, 2.05) is 45.2 Å². The maximum Gasteiger partial charge on any atom is 0.160 e. The van der Waals surface area contributed by atoms with Crippen LogP contribution >= 0.6 is 0 Å². The number of Topliss-reactive ketones (excluding diaryl/α,β-unsaturated/α-hetero) is 1. The molecule has 0 saturated carbocycles. The minimum absolute atomic E-state index is 0.0423. The summed E-state index contributed by atoms with van der Waals surface area (Å²) in [4.78, 5) is 11.3. The van der Waals surface area contributed by atoms with Crippen molar-refractivity contribution in [2.24, 2.45) is 5.92 Å². The molecule has 0 bridgehead atoms. The lowest BCUT2D eigenvalue weighted by Gasteiger charge is -2.08. The molecule has 1 rings (SSSR count). The number of hydrogen-bond acceptors (Lipinski definition) is 5. The molecule has 5 nitrogen and oxygen atoms in total. The van der Waals surface area contributed by atoms with Gasteiger partial charge >= 0.3 is 0 Å². The molecule has 0 aliphatic carbocycles. The fraction of sp³-hybridized carbons (Fsp3) is 0.611. The Morgan fingerprint density at radius 3 is 2.22 bits per heavy atom. The summed E-state index contributed by atoms with van der Waals surface area (Å²) in [5.41, 5.74) is 1.07. The zero-order chi connectivity index (χ0) is 16.9. The van der Waals surface area contributed by atoms with E-state index in [9.17, 15) is 4.79 Å². The first-order valence-electron chi connectivity index (χ1n) is 8.22. The Bertz CT molecular complexity index is 431. The van der Waals surface area contributed by atoms with E-state index in [0.717, 1.165) is 24.3 Å². The molecule has 1 aromatic carbocycles. The van der Waals surface area contributed by atoms with Crippen molar-refractivity contribution >= 4 is 11.5 Å². The van der Waals surface area contributed by atoms with Crippen molar-refractivity contribution in [1.29, 1.82) is 0 Å². The highest BCUT2D eigenvalue weighted by molar-refractivity contribution is 5.81.